The van der Waals surface area contributed by atoms with E-state index in [9.17, 15) is 5.11 Å². The van der Waals surface area contributed by atoms with E-state index in [0.29, 0.717) is 0 Å². The first-order chi connectivity index (χ1) is 11.2. The summed E-state index contributed by atoms with van der Waals surface area (Å²) in [6.07, 6.45) is 1.93. The molecule has 0 spiro atoms. The molecule has 2 N–H and O–H groups in total. The Morgan fingerprint density at radius 1 is 1.04 bits per heavy atom. The van der Waals surface area contributed by atoms with Crippen molar-refractivity contribution in [3.05, 3.63) is 65.7 Å². The topological polar surface area (TPSA) is 35.5 Å². The van der Waals surface area contributed by atoms with E-state index in [1.165, 1.54) is 11.1 Å². The van der Waals surface area contributed by atoms with Gasteiger partial charge in [-0.15, -0.1) is 0 Å². The molecule has 1 aliphatic heterocycles. The quantitative estimate of drug-likeness (QED) is 0.888. The van der Waals surface area contributed by atoms with Crippen molar-refractivity contribution >= 4 is 5.69 Å². The van der Waals surface area contributed by atoms with Gasteiger partial charge in [-0.1, -0.05) is 42.5 Å². The van der Waals surface area contributed by atoms with Gasteiger partial charge >= 0.3 is 0 Å². The van der Waals surface area contributed by atoms with Crippen LogP contribution in [0.2, 0.25) is 0 Å². The molecule has 0 aliphatic carbocycles. The molecule has 0 amide bonds. The Labute approximate surface area is 139 Å². The fourth-order valence-electron chi connectivity index (χ4n) is 3.33. The largest absolute Gasteiger partial charge is 0.394 e. The van der Waals surface area contributed by atoms with Gasteiger partial charge in [-0.25, -0.2) is 0 Å². The minimum Gasteiger partial charge on any atom is -0.394 e. The predicted molar refractivity (Wildman–Crippen MR) is 95.6 cm³/mol. The van der Waals surface area contributed by atoms with Crippen molar-refractivity contribution in [1.29, 1.82) is 0 Å². The molecule has 1 aliphatic rings. The van der Waals surface area contributed by atoms with Crippen molar-refractivity contribution in [2.75, 3.05) is 25.0 Å². The average molecular weight is 310 g/mol. The van der Waals surface area contributed by atoms with Gasteiger partial charge in [-0.05, 0) is 43.0 Å². The molecular weight excluding hydrogens is 284 g/mol. The fourth-order valence-corrected chi connectivity index (χ4v) is 3.33. The van der Waals surface area contributed by atoms with Crippen LogP contribution in [0.5, 0.6) is 0 Å². The lowest BCUT2D eigenvalue weighted by atomic mass is 9.87. The van der Waals surface area contributed by atoms with Crippen LogP contribution in [0.1, 0.15) is 24.0 Å². The third-order valence-electron chi connectivity index (χ3n) is 4.79. The number of rotatable bonds is 5. The second-order valence-corrected chi connectivity index (χ2v) is 6.69. The Morgan fingerprint density at radius 3 is 2.43 bits per heavy atom. The van der Waals surface area contributed by atoms with Crippen molar-refractivity contribution in [2.24, 2.45) is 0 Å². The van der Waals surface area contributed by atoms with Gasteiger partial charge in [0.15, 0.2) is 0 Å². The Kier molecular flexibility index (Phi) is 4.99. The standard InChI is InChI=1S/C20H26N2O/c1-17-6-5-9-19(14-17)21-20(16-23)10-12-22(13-11-20)15-18-7-3-2-4-8-18/h2-9,14,21,23H,10-13,15-16H2,1H3. The number of hydrogen-bond acceptors (Lipinski definition) is 3. The van der Waals surface area contributed by atoms with Gasteiger partial charge < -0.3 is 10.4 Å². The summed E-state index contributed by atoms with van der Waals surface area (Å²) in [7, 11) is 0. The molecule has 0 radical (unpaired) electrons. The summed E-state index contributed by atoms with van der Waals surface area (Å²) in [4.78, 5) is 2.47. The van der Waals surface area contributed by atoms with Crippen molar-refractivity contribution < 1.29 is 5.11 Å². The molecule has 23 heavy (non-hydrogen) atoms. The molecule has 1 fully saturated rings. The van der Waals surface area contributed by atoms with Crippen LogP contribution in [0.4, 0.5) is 5.69 Å². The second-order valence-electron chi connectivity index (χ2n) is 6.69. The van der Waals surface area contributed by atoms with Crippen LogP contribution >= 0.6 is 0 Å². The number of anilines is 1. The van der Waals surface area contributed by atoms with E-state index in [4.69, 9.17) is 0 Å². The van der Waals surface area contributed by atoms with E-state index in [-0.39, 0.29) is 12.1 Å². The lowest BCUT2D eigenvalue weighted by Crippen LogP contribution is -2.51. The molecule has 3 heteroatoms. The van der Waals surface area contributed by atoms with E-state index in [1.54, 1.807) is 0 Å². The number of aliphatic hydroxyl groups excluding tert-OH is 1. The molecule has 0 saturated carbocycles. The zero-order valence-corrected chi connectivity index (χ0v) is 13.8. The lowest BCUT2D eigenvalue weighted by molar-refractivity contribution is 0.115. The minimum absolute atomic E-state index is 0.181. The molecule has 0 atom stereocenters. The molecule has 0 unspecified atom stereocenters. The van der Waals surface area contributed by atoms with Crippen LogP contribution in [0, 0.1) is 6.92 Å². The maximum atomic E-state index is 9.97. The number of benzene rings is 2. The number of aliphatic hydroxyl groups is 1. The summed E-state index contributed by atoms with van der Waals surface area (Å²) in [5.41, 5.74) is 3.51. The van der Waals surface area contributed by atoms with Crippen LogP contribution in [0.3, 0.4) is 0 Å². The first kappa shape index (κ1) is 16.0. The highest BCUT2D eigenvalue weighted by Crippen LogP contribution is 2.28. The summed E-state index contributed by atoms with van der Waals surface area (Å²) in [5.74, 6) is 0. The van der Waals surface area contributed by atoms with Crippen molar-refractivity contribution in [1.82, 2.24) is 4.90 Å². The number of hydrogen-bond donors (Lipinski definition) is 2. The zero-order valence-electron chi connectivity index (χ0n) is 13.8. The van der Waals surface area contributed by atoms with Gasteiger partial charge in [0, 0.05) is 25.3 Å². The summed E-state index contributed by atoms with van der Waals surface area (Å²) in [6.45, 7) is 5.29. The van der Waals surface area contributed by atoms with Gasteiger partial charge in [0.05, 0.1) is 12.1 Å². The second kappa shape index (κ2) is 7.16. The summed E-state index contributed by atoms with van der Waals surface area (Å²) >= 11 is 0. The predicted octanol–water partition coefficient (Wildman–Crippen LogP) is 3.43. The lowest BCUT2D eigenvalue weighted by Gasteiger charge is -2.42. The SMILES string of the molecule is Cc1cccc(NC2(CO)CCN(Cc3ccccc3)CC2)c1. The van der Waals surface area contributed by atoms with Gasteiger partial charge in [-0.3, -0.25) is 4.90 Å². The summed E-state index contributed by atoms with van der Waals surface area (Å²) in [5, 5.41) is 13.6. The van der Waals surface area contributed by atoms with Crippen molar-refractivity contribution in [3.63, 3.8) is 0 Å². The van der Waals surface area contributed by atoms with Crippen LogP contribution in [0.25, 0.3) is 0 Å². The Bertz CT molecular complexity index is 619. The average Bonchev–Trinajstić information content (AvgIpc) is 2.58. The van der Waals surface area contributed by atoms with E-state index in [2.05, 4.69) is 71.7 Å². The molecule has 3 nitrogen and oxygen atoms in total. The first-order valence-electron chi connectivity index (χ1n) is 8.41. The molecule has 1 heterocycles. The molecule has 1 saturated heterocycles. The normalized spacial score (nSPS) is 17.8. The van der Waals surface area contributed by atoms with E-state index >= 15 is 0 Å². The third-order valence-corrected chi connectivity index (χ3v) is 4.79. The molecule has 122 valence electrons. The van der Waals surface area contributed by atoms with Crippen LogP contribution in [-0.2, 0) is 6.54 Å². The van der Waals surface area contributed by atoms with Crippen molar-refractivity contribution in [2.45, 2.75) is 31.8 Å². The molecule has 2 aromatic rings. The Morgan fingerprint density at radius 2 is 1.78 bits per heavy atom. The number of nitrogens with one attached hydrogen (secondary N) is 1. The molecule has 3 rings (SSSR count). The number of aryl methyl sites for hydroxylation is 1. The van der Waals surface area contributed by atoms with E-state index in [1.807, 2.05) is 0 Å². The minimum atomic E-state index is -0.193. The van der Waals surface area contributed by atoms with Crippen molar-refractivity contribution in [3.8, 4) is 0 Å². The van der Waals surface area contributed by atoms with Gasteiger partial charge in [-0.2, -0.15) is 0 Å². The number of likely N-dealkylation sites (tertiary alicyclic amines) is 1. The highest BCUT2D eigenvalue weighted by Gasteiger charge is 2.33. The first-order valence-corrected chi connectivity index (χ1v) is 8.41. The smallest absolute Gasteiger partial charge is 0.0662 e. The molecule has 0 bridgehead atoms. The maximum Gasteiger partial charge on any atom is 0.0662 e. The monoisotopic (exact) mass is 310 g/mol. The van der Waals surface area contributed by atoms with Gasteiger partial charge in [0.2, 0.25) is 0 Å². The van der Waals surface area contributed by atoms with Gasteiger partial charge in [0.25, 0.3) is 0 Å². The summed E-state index contributed by atoms with van der Waals surface area (Å²) in [6, 6.07) is 19.0. The molecular formula is C20H26N2O. The Balaban J connectivity index is 1.61. The van der Waals surface area contributed by atoms with Crippen LogP contribution in [0.15, 0.2) is 54.6 Å². The number of piperidine rings is 1. The maximum absolute atomic E-state index is 9.97. The molecule has 0 aromatic heterocycles. The summed E-state index contributed by atoms with van der Waals surface area (Å²) < 4.78 is 0. The fraction of sp³-hybridized carbons (Fsp3) is 0.400. The van der Waals surface area contributed by atoms with E-state index in [0.717, 1.165) is 38.2 Å². The highest BCUT2D eigenvalue weighted by atomic mass is 16.3. The highest BCUT2D eigenvalue weighted by molar-refractivity contribution is 5.48. The van der Waals surface area contributed by atoms with Gasteiger partial charge in [0.1, 0.15) is 0 Å². The number of nitrogens with zero attached hydrogens (tertiary/aromatic N) is 1. The van der Waals surface area contributed by atoms with E-state index < -0.39 is 0 Å². The van der Waals surface area contributed by atoms with Crippen LogP contribution < -0.4 is 5.32 Å². The molecule has 2 aromatic carbocycles. The Hall–Kier alpha value is -1.84. The third kappa shape index (κ3) is 4.12. The van der Waals surface area contributed by atoms with Crippen LogP contribution in [-0.4, -0.2) is 35.2 Å². The zero-order chi connectivity index (χ0) is 16.1.